The first kappa shape index (κ1) is 16.1. The molecule has 4 saturated carbocycles. The van der Waals surface area contributed by atoms with Gasteiger partial charge in [0.1, 0.15) is 0 Å². The van der Waals surface area contributed by atoms with Gasteiger partial charge in [0.15, 0.2) is 5.11 Å². The number of carbonyl (C=O) groups is 1. The maximum atomic E-state index is 12.9. The third kappa shape index (κ3) is 3.21. The Bertz CT molecular complexity index is 577. The van der Waals surface area contributed by atoms with Crippen LogP contribution in [0.15, 0.2) is 18.7 Å². The number of imidazole rings is 1. The molecule has 0 spiro atoms. The molecule has 4 aliphatic carbocycles. The van der Waals surface area contributed by atoms with Crippen molar-refractivity contribution in [1.82, 2.24) is 20.2 Å². The van der Waals surface area contributed by atoms with Gasteiger partial charge < -0.3 is 15.2 Å². The van der Waals surface area contributed by atoms with E-state index in [4.69, 9.17) is 12.2 Å². The predicted molar refractivity (Wildman–Crippen MR) is 96.2 cm³/mol. The van der Waals surface area contributed by atoms with Crippen molar-refractivity contribution in [2.24, 2.45) is 23.2 Å². The van der Waals surface area contributed by atoms with Crippen LogP contribution in [0.4, 0.5) is 0 Å². The number of nitrogens with one attached hydrogen (secondary N) is 2. The quantitative estimate of drug-likeness (QED) is 0.635. The van der Waals surface area contributed by atoms with E-state index >= 15 is 0 Å². The molecule has 1 aromatic heterocycles. The second kappa shape index (κ2) is 6.47. The Kier molecular flexibility index (Phi) is 4.33. The number of carbonyl (C=O) groups excluding carboxylic acids is 1. The van der Waals surface area contributed by atoms with Crippen LogP contribution in [0.5, 0.6) is 0 Å². The standard InChI is InChI=1S/C18H26N4OS/c23-16(18-9-13-6-14(10-18)8-15(7-13)11-18)21-17(24)20-2-1-4-22-5-3-19-12-22/h3,5,12-15H,1-2,4,6-11H2,(H2,20,21,23,24). The van der Waals surface area contributed by atoms with Crippen LogP contribution in [0.3, 0.4) is 0 Å². The van der Waals surface area contributed by atoms with Gasteiger partial charge in [-0.15, -0.1) is 0 Å². The van der Waals surface area contributed by atoms with Crippen molar-refractivity contribution in [3.05, 3.63) is 18.7 Å². The maximum Gasteiger partial charge on any atom is 0.232 e. The first-order chi connectivity index (χ1) is 11.6. The monoisotopic (exact) mass is 346 g/mol. The highest BCUT2D eigenvalue weighted by atomic mass is 32.1. The van der Waals surface area contributed by atoms with Crippen molar-refractivity contribution in [3.8, 4) is 0 Å². The van der Waals surface area contributed by atoms with E-state index < -0.39 is 0 Å². The number of aryl methyl sites for hydroxylation is 1. The summed E-state index contributed by atoms with van der Waals surface area (Å²) in [5.41, 5.74) is -0.128. The zero-order valence-corrected chi connectivity index (χ0v) is 14.9. The fourth-order valence-corrected chi connectivity index (χ4v) is 5.75. The number of nitrogens with zero attached hydrogens (tertiary/aromatic N) is 2. The van der Waals surface area contributed by atoms with Gasteiger partial charge in [-0.2, -0.15) is 0 Å². The molecule has 24 heavy (non-hydrogen) atoms. The van der Waals surface area contributed by atoms with Gasteiger partial charge in [-0.3, -0.25) is 4.79 Å². The van der Waals surface area contributed by atoms with Gasteiger partial charge in [0, 0.05) is 25.5 Å². The van der Waals surface area contributed by atoms with Crippen LogP contribution in [0, 0.1) is 23.2 Å². The van der Waals surface area contributed by atoms with Gasteiger partial charge in [-0.1, -0.05) is 0 Å². The SMILES string of the molecule is O=C(NC(=S)NCCCn1ccnc1)C12CC3CC(CC(C3)C1)C2. The summed E-state index contributed by atoms with van der Waals surface area (Å²) in [7, 11) is 0. The molecule has 130 valence electrons. The lowest BCUT2D eigenvalue weighted by Gasteiger charge is -2.55. The molecule has 4 fully saturated rings. The van der Waals surface area contributed by atoms with Crippen LogP contribution in [0.2, 0.25) is 0 Å². The third-order valence-corrected chi connectivity index (χ3v) is 6.43. The van der Waals surface area contributed by atoms with Crippen LogP contribution in [-0.2, 0) is 11.3 Å². The Hall–Kier alpha value is -1.43. The fraction of sp³-hybridized carbons (Fsp3) is 0.722. The summed E-state index contributed by atoms with van der Waals surface area (Å²) in [5.74, 6) is 2.50. The molecule has 0 radical (unpaired) electrons. The second-order valence-electron chi connectivity index (χ2n) is 8.06. The highest BCUT2D eigenvalue weighted by Gasteiger charge is 2.54. The van der Waals surface area contributed by atoms with E-state index in [9.17, 15) is 4.79 Å². The van der Waals surface area contributed by atoms with E-state index in [1.54, 1.807) is 6.20 Å². The lowest BCUT2D eigenvalue weighted by Crippen LogP contribution is -2.55. The minimum atomic E-state index is -0.128. The van der Waals surface area contributed by atoms with Crippen molar-refractivity contribution >= 4 is 23.2 Å². The van der Waals surface area contributed by atoms with E-state index in [0.29, 0.717) is 5.11 Å². The summed E-state index contributed by atoms with van der Waals surface area (Å²) in [6, 6.07) is 0. The Morgan fingerprint density at radius 1 is 1.21 bits per heavy atom. The summed E-state index contributed by atoms with van der Waals surface area (Å²) in [4.78, 5) is 16.9. The molecule has 2 N–H and O–H groups in total. The van der Waals surface area contributed by atoms with Gasteiger partial charge in [-0.25, -0.2) is 4.98 Å². The topological polar surface area (TPSA) is 59.0 Å². The minimum absolute atomic E-state index is 0.128. The normalized spacial score (nSPS) is 33.4. The number of amides is 1. The van der Waals surface area contributed by atoms with Gasteiger partial charge in [0.2, 0.25) is 5.91 Å². The van der Waals surface area contributed by atoms with Gasteiger partial charge in [0.05, 0.1) is 11.7 Å². The molecule has 1 heterocycles. The molecule has 4 bridgehead atoms. The molecule has 0 aromatic carbocycles. The van der Waals surface area contributed by atoms with E-state index in [0.717, 1.165) is 56.5 Å². The van der Waals surface area contributed by atoms with E-state index in [2.05, 4.69) is 15.6 Å². The summed E-state index contributed by atoms with van der Waals surface area (Å²) in [6.45, 7) is 1.66. The van der Waals surface area contributed by atoms with E-state index in [1.165, 1.54) is 19.3 Å². The first-order valence-corrected chi connectivity index (χ1v) is 9.59. The lowest BCUT2D eigenvalue weighted by atomic mass is 9.49. The van der Waals surface area contributed by atoms with Gasteiger partial charge >= 0.3 is 0 Å². The molecule has 5 nitrogen and oxygen atoms in total. The van der Waals surface area contributed by atoms with Gasteiger partial charge in [0.25, 0.3) is 0 Å². The van der Waals surface area contributed by atoms with Crippen molar-refractivity contribution in [3.63, 3.8) is 0 Å². The average Bonchev–Trinajstić information content (AvgIpc) is 3.03. The summed E-state index contributed by atoms with van der Waals surface area (Å²) >= 11 is 5.34. The molecule has 0 unspecified atom stereocenters. The number of aromatic nitrogens is 2. The number of rotatable bonds is 5. The van der Waals surface area contributed by atoms with Crippen molar-refractivity contribution in [2.75, 3.05) is 6.54 Å². The Morgan fingerprint density at radius 3 is 2.46 bits per heavy atom. The molecular formula is C18H26N4OS. The molecule has 1 aromatic rings. The second-order valence-corrected chi connectivity index (χ2v) is 8.47. The Labute approximate surface area is 148 Å². The fourth-order valence-electron chi connectivity index (χ4n) is 5.55. The number of hydrogen-bond donors (Lipinski definition) is 2. The molecular weight excluding hydrogens is 320 g/mol. The van der Waals surface area contributed by atoms with Crippen LogP contribution >= 0.6 is 12.2 Å². The highest BCUT2D eigenvalue weighted by molar-refractivity contribution is 7.80. The highest BCUT2D eigenvalue weighted by Crippen LogP contribution is 2.60. The predicted octanol–water partition coefficient (Wildman–Crippen LogP) is 2.48. The number of hydrogen-bond acceptors (Lipinski definition) is 3. The van der Waals surface area contributed by atoms with Crippen LogP contribution in [0.1, 0.15) is 44.9 Å². The molecule has 4 aliphatic rings. The smallest absolute Gasteiger partial charge is 0.232 e. The van der Waals surface area contributed by atoms with Crippen LogP contribution < -0.4 is 10.6 Å². The van der Waals surface area contributed by atoms with Crippen molar-refractivity contribution in [1.29, 1.82) is 0 Å². The third-order valence-electron chi connectivity index (χ3n) is 6.18. The minimum Gasteiger partial charge on any atom is -0.362 e. The Morgan fingerprint density at radius 2 is 1.88 bits per heavy atom. The van der Waals surface area contributed by atoms with Crippen molar-refractivity contribution < 1.29 is 4.79 Å². The average molecular weight is 347 g/mol. The largest absolute Gasteiger partial charge is 0.362 e. The zero-order valence-electron chi connectivity index (χ0n) is 14.0. The molecule has 1 amide bonds. The molecule has 0 aliphatic heterocycles. The maximum absolute atomic E-state index is 12.9. The Balaban J connectivity index is 1.24. The molecule has 0 atom stereocenters. The van der Waals surface area contributed by atoms with Crippen LogP contribution in [-0.4, -0.2) is 27.1 Å². The lowest BCUT2D eigenvalue weighted by molar-refractivity contribution is -0.144. The van der Waals surface area contributed by atoms with Gasteiger partial charge in [-0.05, 0) is 74.9 Å². The summed E-state index contributed by atoms with van der Waals surface area (Å²) in [5, 5.41) is 6.65. The molecule has 0 saturated heterocycles. The number of thiocarbonyl (C=S) groups is 1. The first-order valence-electron chi connectivity index (χ1n) is 9.18. The summed E-state index contributed by atoms with van der Waals surface area (Å²) in [6.07, 6.45) is 13.8. The molecule has 5 rings (SSSR count). The van der Waals surface area contributed by atoms with E-state index in [-0.39, 0.29) is 11.3 Å². The zero-order chi connectivity index (χ0) is 16.6. The molecule has 6 heteroatoms. The van der Waals surface area contributed by atoms with Crippen LogP contribution in [0.25, 0.3) is 0 Å². The van der Waals surface area contributed by atoms with Crippen molar-refractivity contribution in [2.45, 2.75) is 51.5 Å². The summed E-state index contributed by atoms with van der Waals surface area (Å²) < 4.78 is 2.04. The van der Waals surface area contributed by atoms with E-state index in [1.807, 2.05) is 17.1 Å².